The number of likely N-dealkylation sites (N-methyl/N-ethyl adjacent to an activating group) is 1. The van der Waals surface area contributed by atoms with Gasteiger partial charge in [0.15, 0.2) is 5.82 Å². The van der Waals surface area contributed by atoms with E-state index >= 15 is 0 Å². The van der Waals surface area contributed by atoms with E-state index in [9.17, 15) is 21.6 Å². The molecule has 0 saturated carbocycles. The Morgan fingerprint density at radius 3 is 2.49 bits per heavy atom. The number of alkyl halides is 3. The van der Waals surface area contributed by atoms with E-state index in [1.165, 1.54) is 0 Å². The topological polar surface area (TPSA) is 122 Å². The van der Waals surface area contributed by atoms with Gasteiger partial charge in [-0.05, 0) is 38.1 Å². The maximum Gasteiger partial charge on any atom is 0.417 e. The van der Waals surface area contributed by atoms with Crippen LogP contribution in [0.3, 0.4) is 0 Å². The van der Waals surface area contributed by atoms with Gasteiger partial charge in [0.25, 0.3) is 0 Å². The van der Waals surface area contributed by atoms with Crippen molar-refractivity contribution in [3.05, 3.63) is 46.6 Å². The molecule has 2 aliphatic rings. The minimum Gasteiger partial charge on any atom is -0.354 e. The van der Waals surface area contributed by atoms with Gasteiger partial charge in [-0.25, -0.2) is 8.42 Å². The summed E-state index contributed by atoms with van der Waals surface area (Å²) in [6, 6.07) is 5.96. The van der Waals surface area contributed by atoms with E-state index in [4.69, 9.17) is 16.6 Å². The van der Waals surface area contributed by atoms with Gasteiger partial charge in [-0.15, -0.1) is 0 Å². The SMILES string of the molecule is CCN1CCN(c2cc(Nc3cc(C)[nH]n3)nc(N[C@H]3CCN(S(=O)(=O)c4ccc(Cl)c(C(F)(F)F)c4)C3)n2)CC1. The van der Waals surface area contributed by atoms with Crippen molar-refractivity contribution in [3.8, 4) is 0 Å². The number of benzene rings is 1. The van der Waals surface area contributed by atoms with Crippen LogP contribution in [0.2, 0.25) is 5.02 Å². The molecule has 0 unspecified atom stereocenters. The molecule has 2 saturated heterocycles. The highest BCUT2D eigenvalue weighted by Gasteiger charge is 2.37. The van der Waals surface area contributed by atoms with Crippen molar-refractivity contribution < 1.29 is 21.6 Å². The number of halogens is 4. The van der Waals surface area contributed by atoms with Crippen LogP contribution in [0, 0.1) is 6.92 Å². The molecular formula is C25H31ClF3N9O2S. The summed E-state index contributed by atoms with van der Waals surface area (Å²) in [5.74, 6) is 2.14. The molecule has 5 rings (SSSR count). The second kappa shape index (κ2) is 11.6. The molecular weight excluding hydrogens is 583 g/mol. The number of aromatic nitrogens is 4. The Morgan fingerprint density at radius 1 is 1.07 bits per heavy atom. The molecule has 1 aromatic carbocycles. The van der Waals surface area contributed by atoms with Gasteiger partial charge >= 0.3 is 6.18 Å². The van der Waals surface area contributed by atoms with Crippen LogP contribution in [0.1, 0.15) is 24.6 Å². The van der Waals surface area contributed by atoms with E-state index < -0.39 is 31.7 Å². The second-order valence-electron chi connectivity index (χ2n) is 10.0. The van der Waals surface area contributed by atoms with Crippen LogP contribution in [0.15, 0.2) is 35.2 Å². The Morgan fingerprint density at radius 2 is 1.83 bits per heavy atom. The highest BCUT2D eigenvalue weighted by molar-refractivity contribution is 7.89. The van der Waals surface area contributed by atoms with Crippen LogP contribution in [-0.4, -0.2) is 89.6 Å². The van der Waals surface area contributed by atoms with E-state index in [2.05, 4.69) is 42.5 Å². The van der Waals surface area contributed by atoms with E-state index in [1.54, 1.807) is 0 Å². The molecule has 11 nitrogen and oxygen atoms in total. The van der Waals surface area contributed by atoms with Crippen molar-refractivity contribution in [2.24, 2.45) is 0 Å². The largest absolute Gasteiger partial charge is 0.417 e. The fraction of sp³-hybridized carbons (Fsp3) is 0.480. The van der Waals surface area contributed by atoms with Crippen LogP contribution in [0.4, 0.5) is 36.6 Å². The highest BCUT2D eigenvalue weighted by atomic mass is 35.5. The molecule has 0 radical (unpaired) electrons. The normalized spacial score (nSPS) is 19.1. The Labute approximate surface area is 241 Å². The molecule has 3 N–H and O–H groups in total. The fourth-order valence-electron chi connectivity index (χ4n) is 4.91. The zero-order chi connectivity index (χ0) is 29.4. The molecule has 2 aliphatic heterocycles. The first-order chi connectivity index (χ1) is 19.4. The summed E-state index contributed by atoms with van der Waals surface area (Å²) in [5, 5.41) is 13.0. The lowest BCUT2D eigenvalue weighted by molar-refractivity contribution is -0.137. The summed E-state index contributed by atoms with van der Waals surface area (Å²) in [7, 11) is -4.19. The van der Waals surface area contributed by atoms with E-state index in [1.807, 2.05) is 19.1 Å². The Bertz CT molecular complexity index is 1490. The van der Waals surface area contributed by atoms with Crippen molar-refractivity contribution in [2.75, 3.05) is 61.3 Å². The molecule has 3 aromatic rings. The zero-order valence-electron chi connectivity index (χ0n) is 22.5. The number of sulfonamides is 1. The van der Waals surface area contributed by atoms with Gasteiger partial charge in [-0.2, -0.15) is 32.5 Å². The number of nitrogens with zero attached hydrogens (tertiary/aromatic N) is 6. The molecule has 2 fully saturated rings. The highest BCUT2D eigenvalue weighted by Crippen LogP contribution is 2.37. The average Bonchev–Trinajstić information content (AvgIpc) is 3.57. The minimum absolute atomic E-state index is 0.0381. The summed E-state index contributed by atoms with van der Waals surface area (Å²) in [6.45, 7) is 8.55. The first-order valence-electron chi connectivity index (χ1n) is 13.2. The summed E-state index contributed by atoms with van der Waals surface area (Å²) >= 11 is 5.68. The van der Waals surface area contributed by atoms with Crippen molar-refractivity contribution in [3.63, 3.8) is 0 Å². The molecule has 0 aliphatic carbocycles. The number of nitrogens with one attached hydrogen (secondary N) is 3. The number of aromatic amines is 1. The predicted molar refractivity (Wildman–Crippen MR) is 150 cm³/mol. The van der Waals surface area contributed by atoms with Gasteiger partial charge in [0.2, 0.25) is 16.0 Å². The molecule has 0 amide bonds. The third kappa shape index (κ3) is 6.68. The number of aryl methyl sites for hydroxylation is 1. The van der Waals surface area contributed by atoms with Crippen molar-refractivity contribution in [1.82, 2.24) is 29.4 Å². The Hall–Kier alpha value is -3.14. The first-order valence-corrected chi connectivity index (χ1v) is 15.0. The Balaban J connectivity index is 1.34. The van der Waals surface area contributed by atoms with Crippen LogP contribution in [-0.2, 0) is 16.2 Å². The van der Waals surface area contributed by atoms with E-state index in [0.717, 1.165) is 60.7 Å². The van der Waals surface area contributed by atoms with Crippen LogP contribution >= 0.6 is 11.6 Å². The molecule has 16 heteroatoms. The number of rotatable bonds is 8. The smallest absolute Gasteiger partial charge is 0.354 e. The van der Waals surface area contributed by atoms with Gasteiger partial charge in [0.1, 0.15) is 11.6 Å². The lowest BCUT2D eigenvalue weighted by Gasteiger charge is -2.35. The molecule has 222 valence electrons. The van der Waals surface area contributed by atoms with Gasteiger partial charge in [-0.3, -0.25) is 5.10 Å². The number of H-pyrrole nitrogens is 1. The molecule has 1 atom stereocenters. The van der Waals surface area contributed by atoms with Gasteiger partial charge in [0.05, 0.1) is 15.5 Å². The first kappa shape index (κ1) is 29.4. The summed E-state index contributed by atoms with van der Waals surface area (Å²) in [6.07, 6.45) is -4.35. The number of anilines is 4. The number of hydrogen-bond acceptors (Lipinski definition) is 9. The van der Waals surface area contributed by atoms with Crippen molar-refractivity contribution >= 4 is 45.0 Å². The standard InChI is InChI=1S/C25H31ClF3N9O2S/c1-3-36-8-10-37(11-9-36)23-14-21(31-22-12-16(2)34-35-22)32-24(33-23)30-17-6-7-38(15-17)41(39,40)18-4-5-20(26)19(13-18)25(27,28)29/h4-5,12-14,17H,3,6-11,15H2,1-2H3,(H3,30,31,32,33,34,35)/t17-/m0/s1. The van der Waals surface area contributed by atoms with Crippen molar-refractivity contribution in [1.29, 1.82) is 0 Å². The summed E-state index contributed by atoms with van der Waals surface area (Å²) < 4.78 is 67.6. The monoisotopic (exact) mass is 613 g/mol. The minimum atomic E-state index is -4.77. The van der Waals surface area contributed by atoms with Gasteiger partial charge in [-0.1, -0.05) is 18.5 Å². The lowest BCUT2D eigenvalue weighted by Crippen LogP contribution is -2.46. The molecule has 0 bridgehead atoms. The van der Waals surface area contributed by atoms with Gasteiger partial charge < -0.3 is 20.4 Å². The summed E-state index contributed by atoms with van der Waals surface area (Å²) in [4.78, 5) is 13.4. The number of hydrogen-bond donors (Lipinski definition) is 3. The maximum absolute atomic E-state index is 13.3. The quantitative estimate of drug-likeness (QED) is 0.347. The summed E-state index contributed by atoms with van der Waals surface area (Å²) in [5.41, 5.74) is -0.308. The Kier molecular flexibility index (Phi) is 8.32. The average molecular weight is 614 g/mol. The third-order valence-corrected chi connectivity index (χ3v) is 9.37. The maximum atomic E-state index is 13.3. The molecule has 2 aromatic heterocycles. The third-order valence-electron chi connectivity index (χ3n) is 7.18. The zero-order valence-corrected chi connectivity index (χ0v) is 24.1. The van der Waals surface area contributed by atoms with Crippen LogP contribution in [0.25, 0.3) is 0 Å². The van der Waals surface area contributed by atoms with Crippen molar-refractivity contribution in [2.45, 2.75) is 37.4 Å². The fourth-order valence-corrected chi connectivity index (χ4v) is 6.66. The molecule has 41 heavy (non-hydrogen) atoms. The predicted octanol–water partition coefficient (Wildman–Crippen LogP) is 3.94. The van der Waals surface area contributed by atoms with E-state index in [0.29, 0.717) is 30.1 Å². The molecule has 4 heterocycles. The molecule has 0 spiro atoms. The van der Waals surface area contributed by atoms with Gasteiger partial charge in [0, 0.05) is 63.1 Å². The van der Waals surface area contributed by atoms with E-state index in [-0.39, 0.29) is 19.1 Å². The second-order valence-corrected chi connectivity index (χ2v) is 12.4. The lowest BCUT2D eigenvalue weighted by atomic mass is 10.2. The van der Waals surface area contributed by atoms with Crippen LogP contribution < -0.4 is 15.5 Å². The van der Waals surface area contributed by atoms with Crippen LogP contribution in [0.5, 0.6) is 0 Å². The number of piperazine rings is 1.